The Labute approximate surface area is 100.0 Å². The summed E-state index contributed by atoms with van der Waals surface area (Å²) >= 11 is 5.93. The molecular formula is C12H14ClNO2. The van der Waals surface area contributed by atoms with Gasteiger partial charge in [0.15, 0.2) is 0 Å². The van der Waals surface area contributed by atoms with Crippen LogP contribution >= 0.6 is 11.6 Å². The van der Waals surface area contributed by atoms with Crippen LogP contribution in [-0.2, 0) is 9.53 Å². The molecule has 2 rings (SSSR count). The third-order valence-electron chi connectivity index (χ3n) is 2.73. The van der Waals surface area contributed by atoms with Crippen molar-refractivity contribution in [1.82, 2.24) is 4.90 Å². The molecule has 0 aliphatic carbocycles. The number of carbonyl (C=O) groups is 1. The maximum absolute atomic E-state index is 11.3. The number of halogens is 1. The van der Waals surface area contributed by atoms with Crippen LogP contribution in [0.4, 0.5) is 0 Å². The second-order valence-electron chi connectivity index (χ2n) is 3.88. The summed E-state index contributed by atoms with van der Waals surface area (Å²) < 4.78 is 5.65. The van der Waals surface area contributed by atoms with E-state index in [1.54, 1.807) is 11.8 Å². The van der Waals surface area contributed by atoms with Crippen molar-refractivity contribution in [2.24, 2.45) is 0 Å². The zero-order chi connectivity index (χ0) is 11.5. The van der Waals surface area contributed by atoms with Gasteiger partial charge in [-0.3, -0.25) is 4.79 Å². The van der Waals surface area contributed by atoms with Crippen LogP contribution in [0.1, 0.15) is 18.6 Å². The molecule has 0 unspecified atom stereocenters. The Morgan fingerprint density at radius 3 is 3.06 bits per heavy atom. The monoisotopic (exact) mass is 239 g/mol. The summed E-state index contributed by atoms with van der Waals surface area (Å²) in [6, 6.07) is 7.58. The molecule has 1 aliphatic rings. The topological polar surface area (TPSA) is 29.5 Å². The van der Waals surface area contributed by atoms with Gasteiger partial charge in [0.2, 0.25) is 5.91 Å². The molecule has 1 fully saturated rings. The van der Waals surface area contributed by atoms with Crippen molar-refractivity contribution in [1.29, 1.82) is 0 Å². The number of rotatable bonds is 1. The largest absolute Gasteiger partial charge is 0.370 e. The number of hydrogen-bond acceptors (Lipinski definition) is 2. The summed E-state index contributed by atoms with van der Waals surface area (Å²) in [5, 5.41) is 0.695. The van der Waals surface area contributed by atoms with Crippen molar-refractivity contribution in [3.63, 3.8) is 0 Å². The van der Waals surface area contributed by atoms with Crippen LogP contribution < -0.4 is 0 Å². The molecule has 1 aromatic rings. The first-order valence-electron chi connectivity index (χ1n) is 5.29. The lowest BCUT2D eigenvalue weighted by atomic mass is 10.1. The van der Waals surface area contributed by atoms with Gasteiger partial charge in [-0.25, -0.2) is 0 Å². The van der Waals surface area contributed by atoms with Crippen molar-refractivity contribution < 1.29 is 9.53 Å². The van der Waals surface area contributed by atoms with Crippen molar-refractivity contribution in [3.05, 3.63) is 34.9 Å². The number of hydrogen-bond donors (Lipinski definition) is 0. The zero-order valence-electron chi connectivity index (χ0n) is 9.15. The summed E-state index contributed by atoms with van der Waals surface area (Å²) in [6.07, 6.45) is -0.0589. The number of ether oxygens (including phenoxy) is 1. The van der Waals surface area contributed by atoms with Gasteiger partial charge < -0.3 is 9.64 Å². The van der Waals surface area contributed by atoms with E-state index in [4.69, 9.17) is 16.3 Å². The minimum Gasteiger partial charge on any atom is -0.370 e. The highest BCUT2D eigenvalue weighted by atomic mass is 35.5. The molecule has 4 heteroatoms. The van der Waals surface area contributed by atoms with Crippen LogP contribution in [0.2, 0.25) is 5.02 Å². The molecule has 0 aromatic heterocycles. The SMILES string of the molecule is CC(=O)N1CCO[C@@H](c2cccc(Cl)c2)C1. The Balaban J connectivity index is 2.12. The molecule has 1 saturated heterocycles. The summed E-state index contributed by atoms with van der Waals surface area (Å²) in [6.45, 7) is 3.44. The second kappa shape index (κ2) is 4.85. The molecule has 1 aliphatic heterocycles. The standard InChI is InChI=1S/C12H14ClNO2/c1-9(15)14-5-6-16-12(8-14)10-3-2-4-11(13)7-10/h2-4,7,12H,5-6,8H2,1H3/t12-/m1/s1. The molecule has 1 heterocycles. The van der Waals surface area contributed by atoms with Gasteiger partial charge in [-0.1, -0.05) is 23.7 Å². The fraction of sp³-hybridized carbons (Fsp3) is 0.417. The van der Waals surface area contributed by atoms with Gasteiger partial charge in [-0.15, -0.1) is 0 Å². The maximum atomic E-state index is 11.3. The van der Waals surface area contributed by atoms with E-state index in [1.165, 1.54) is 0 Å². The van der Waals surface area contributed by atoms with E-state index >= 15 is 0 Å². The zero-order valence-corrected chi connectivity index (χ0v) is 9.91. The molecule has 1 aromatic carbocycles. The smallest absolute Gasteiger partial charge is 0.219 e. The van der Waals surface area contributed by atoms with Crippen molar-refractivity contribution in [2.45, 2.75) is 13.0 Å². The molecule has 0 spiro atoms. The Morgan fingerprint density at radius 1 is 1.56 bits per heavy atom. The van der Waals surface area contributed by atoms with Crippen LogP contribution in [-0.4, -0.2) is 30.5 Å². The van der Waals surface area contributed by atoms with Gasteiger partial charge in [0.1, 0.15) is 6.10 Å². The molecule has 0 radical (unpaired) electrons. The van der Waals surface area contributed by atoms with E-state index in [9.17, 15) is 4.79 Å². The van der Waals surface area contributed by atoms with E-state index in [-0.39, 0.29) is 12.0 Å². The number of nitrogens with zero attached hydrogens (tertiary/aromatic N) is 1. The van der Waals surface area contributed by atoms with Gasteiger partial charge >= 0.3 is 0 Å². The first-order valence-corrected chi connectivity index (χ1v) is 5.67. The van der Waals surface area contributed by atoms with Crippen LogP contribution in [0.3, 0.4) is 0 Å². The fourth-order valence-corrected chi connectivity index (χ4v) is 2.04. The highest BCUT2D eigenvalue weighted by Gasteiger charge is 2.23. The number of benzene rings is 1. The molecule has 0 bridgehead atoms. The minimum atomic E-state index is -0.0589. The van der Waals surface area contributed by atoms with Gasteiger partial charge in [0, 0.05) is 18.5 Å². The van der Waals surface area contributed by atoms with Crippen LogP contribution in [0.5, 0.6) is 0 Å². The van der Waals surface area contributed by atoms with Gasteiger partial charge in [0.25, 0.3) is 0 Å². The lowest BCUT2D eigenvalue weighted by Crippen LogP contribution is -2.41. The summed E-state index contributed by atoms with van der Waals surface area (Å²) in [5.41, 5.74) is 1.03. The molecule has 3 nitrogen and oxygen atoms in total. The summed E-state index contributed by atoms with van der Waals surface area (Å²) in [4.78, 5) is 13.1. The highest BCUT2D eigenvalue weighted by molar-refractivity contribution is 6.30. The lowest BCUT2D eigenvalue weighted by molar-refractivity contribution is -0.136. The van der Waals surface area contributed by atoms with Crippen molar-refractivity contribution in [2.75, 3.05) is 19.7 Å². The molecular weight excluding hydrogens is 226 g/mol. The Hall–Kier alpha value is -1.06. The Kier molecular flexibility index (Phi) is 3.46. The molecule has 0 N–H and O–H groups in total. The van der Waals surface area contributed by atoms with E-state index in [1.807, 2.05) is 24.3 Å². The summed E-state index contributed by atoms with van der Waals surface area (Å²) in [7, 11) is 0. The van der Waals surface area contributed by atoms with E-state index in [2.05, 4.69) is 0 Å². The van der Waals surface area contributed by atoms with E-state index in [0.29, 0.717) is 24.7 Å². The number of carbonyl (C=O) groups excluding carboxylic acids is 1. The van der Waals surface area contributed by atoms with E-state index < -0.39 is 0 Å². The number of amides is 1. The third-order valence-corrected chi connectivity index (χ3v) is 2.97. The predicted octanol–water partition coefficient (Wildman–Crippen LogP) is 2.26. The molecule has 1 amide bonds. The first kappa shape index (κ1) is 11.4. The quantitative estimate of drug-likeness (QED) is 0.753. The first-order chi connectivity index (χ1) is 7.66. The normalized spacial score (nSPS) is 20.9. The molecule has 0 saturated carbocycles. The van der Waals surface area contributed by atoms with Crippen LogP contribution in [0.15, 0.2) is 24.3 Å². The number of morpholine rings is 1. The molecule has 86 valence electrons. The van der Waals surface area contributed by atoms with Gasteiger partial charge in [-0.05, 0) is 17.7 Å². The fourth-order valence-electron chi connectivity index (χ4n) is 1.84. The third kappa shape index (κ3) is 2.54. The van der Waals surface area contributed by atoms with Gasteiger partial charge in [-0.2, -0.15) is 0 Å². The van der Waals surface area contributed by atoms with Gasteiger partial charge in [0.05, 0.1) is 13.2 Å². The highest BCUT2D eigenvalue weighted by Crippen LogP contribution is 2.24. The maximum Gasteiger partial charge on any atom is 0.219 e. The average Bonchev–Trinajstić information content (AvgIpc) is 2.29. The molecule has 1 atom stereocenters. The van der Waals surface area contributed by atoms with E-state index in [0.717, 1.165) is 5.56 Å². The molecule has 16 heavy (non-hydrogen) atoms. The predicted molar refractivity (Wildman–Crippen MR) is 62.4 cm³/mol. The Bertz CT molecular complexity index is 394. The Morgan fingerprint density at radius 2 is 2.38 bits per heavy atom. The summed E-state index contributed by atoms with van der Waals surface area (Å²) in [5.74, 6) is 0.0929. The van der Waals surface area contributed by atoms with Crippen molar-refractivity contribution >= 4 is 17.5 Å². The second-order valence-corrected chi connectivity index (χ2v) is 4.32. The van der Waals surface area contributed by atoms with Crippen molar-refractivity contribution in [3.8, 4) is 0 Å². The van der Waals surface area contributed by atoms with Crippen LogP contribution in [0.25, 0.3) is 0 Å². The average molecular weight is 240 g/mol. The minimum absolute atomic E-state index is 0.0589. The lowest BCUT2D eigenvalue weighted by Gasteiger charge is -2.32. The van der Waals surface area contributed by atoms with Crippen LogP contribution in [0, 0.1) is 0 Å².